The van der Waals surface area contributed by atoms with Crippen LogP contribution in [-0.4, -0.2) is 40.0 Å². The average molecular weight is 525 g/mol. The molecule has 0 unspecified atom stereocenters. The molecule has 6 nitrogen and oxygen atoms in total. The van der Waals surface area contributed by atoms with E-state index in [9.17, 15) is 19.1 Å². The Kier molecular flexibility index (Phi) is 7.27. The molecule has 0 atom stereocenters. The van der Waals surface area contributed by atoms with Crippen LogP contribution in [0.15, 0.2) is 77.4 Å². The number of carboxylic acid groups (broad SMARTS) is 1. The molecule has 1 aromatic heterocycles. The van der Waals surface area contributed by atoms with Gasteiger partial charge in [-0.1, -0.05) is 36.4 Å². The van der Waals surface area contributed by atoms with Gasteiger partial charge in [0.2, 0.25) is 0 Å². The van der Waals surface area contributed by atoms with Gasteiger partial charge in [-0.15, -0.1) is 0 Å². The van der Waals surface area contributed by atoms with E-state index in [1.54, 1.807) is 29.2 Å². The lowest BCUT2D eigenvalue weighted by molar-refractivity contribution is -0.134. The van der Waals surface area contributed by atoms with Crippen molar-refractivity contribution in [2.24, 2.45) is 0 Å². The normalized spacial score (nSPS) is 10.9. The molecule has 0 fully saturated rings. The van der Waals surface area contributed by atoms with Crippen LogP contribution in [-0.2, 0) is 17.8 Å². The van der Waals surface area contributed by atoms with Crippen molar-refractivity contribution in [3.05, 3.63) is 99.9 Å². The minimum Gasteiger partial charge on any atom is -0.482 e. The smallest absolute Gasteiger partial charge is 0.339 e. The highest BCUT2D eigenvalue weighted by Crippen LogP contribution is 2.29. The number of benzene rings is 3. The van der Waals surface area contributed by atoms with E-state index in [2.05, 4.69) is 20.9 Å². The Hall–Kier alpha value is -3.65. The van der Waals surface area contributed by atoms with Gasteiger partial charge in [0.25, 0.3) is 5.91 Å². The molecule has 0 saturated heterocycles. The maximum Gasteiger partial charge on any atom is 0.339 e. The second kappa shape index (κ2) is 10.5. The molecule has 34 heavy (non-hydrogen) atoms. The summed E-state index contributed by atoms with van der Waals surface area (Å²) in [5.41, 5.74) is 2.84. The van der Waals surface area contributed by atoms with Crippen molar-refractivity contribution in [3.8, 4) is 5.75 Å². The zero-order valence-corrected chi connectivity index (χ0v) is 19.7. The Bertz CT molecular complexity index is 1320. The summed E-state index contributed by atoms with van der Waals surface area (Å²) >= 11 is 3.29. The van der Waals surface area contributed by atoms with Crippen LogP contribution in [0.2, 0.25) is 0 Å². The Morgan fingerprint density at radius 3 is 2.56 bits per heavy atom. The highest BCUT2D eigenvalue weighted by Gasteiger charge is 2.19. The molecule has 8 heteroatoms. The molecule has 0 bridgehead atoms. The van der Waals surface area contributed by atoms with Gasteiger partial charge in [0.1, 0.15) is 17.1 Å². The topological polar surface area (TPSA) is 82.6 Å². The molecule has 2 N–H and O–H groups in total. The number of nitrogens with zero attached hydrogens (tertiary/aromatic N) is 1. The quantitative estimate of drug-likeness (QED) is 0.306. The van der Waals surface area contributed by atoms with E-state index in [4.69, 9.17) is 4.74 Å². The number of aromatic nitrogens is 1. The number of halogens is 2. The maximum atomic E-state index is 13.4. The predicted molar refractivity (Wildman–Crippen MR) is 130 cm³/mol. The number of aromatic amines is 1. The van der Waals surface area contributed by atoms with Crippen molar-refractivity contribution in [2.45, 2.75) is 13.0 Å². The van der Waals surface area contributed by atoms with Gasteiger partial charge in [-0.3, -0.25) is 4.79 Å². The molecule has 0 spiro atoms. The highest BCUT2D eigenvalue weighted by atomic mass is 79.9. The molecule has 0 aliphatic rings. The summed E-state index contributed by atoms with van der Waals surface area (Å²) in [5.74, 6) is -1.71. The summed E-state index contributed by atoms with van der Waals surface area (Å²) in [4.78, 5) is 29.6. The van der Waals surface area contributed by atoms with Gasteiger partial charge in [-0.05, 0) is 63.8 Å². The largest absolute Gasteiger partial charge is 0.482 e. The first-order chi connectivity index (χ1) is 16.4. The first-order valence-corrected chi connectivity index (χ1v) is 11.4. The summed E-state index contributed by atoms with van der Waals surface area (Å²) in [6.45, 7) is 0.341. The predicted octanol–water partition coefficient (Wildman–Crippen LogP) is 5.42. The Labute approximate surface area is 204 Å². The SMILES string of the molecule is O=C(O)c1cccc(Br)c1OCC(=O)N(CCc1c[nH]c2ccccc12)Cc1ccc(F)cc1. The van der Waals surface area contributed by atoms with Crippen LogP contribution >= 0.6 is 15.9 Å². The van der Waals surface area contributed by atoms with Crippen molar-refractivity contribution in [1.82, 2.24) is 9.88 Å². The number of carbonyl (C=O) groups is 2. The molecule has 174 valence electrons. The van der Waals surface area contributed by atoms with Gasteiger partial charge >= 0.3 is 5.97 Å². The number of rotatable bonds is 9. The number of carboxylic acids is 1. The Balaban J connectivity index is 1.52. The molecule has 4 rings (SSSR count). The Morgan fingerprint density at radius 1 is 1.03 bits per heavy atom. The maximum absolute atomic E-state index is 13.4. The lowest BCUT2D eigenvalue weighted by Gasteiger charge is -2.23. The molecule has 4 aromatic rings. The van der Waals surface area contributed by atoms with Crippen molar-refractivity contribution < 1.29 is 23.8 Å². The van der Waals surface area contributed by atoms with Crippen LogP contribution in [0.1, 0.15) is 21.5 Å². The molecule has 0 aliphatic heterocycles. The third-order valence-corrected chi connectivity index (χ3v) is 6.13. The summed E-state index contributed by atoms with van der Waals surface area (Å²) in [7, 11) is 0. The number of amides is 1. The van der Waals surface area contributed by atoms with Gasteiger partial charge in [0, 0.05) is 30.2 Å². The summed E-state index contributed by atoms with van der Waals surface area (Å²) in [5, 5.41) is 10.5. The highest BCUT2D eigenvalue weighted by molar-refractivity contribution is 9.10. The van der Waals surface area contributed by atoms with Gasteiger partial charge < -0.3 is 19.7 Å². The number of fused-ring (bicyclic) bond motifs is 1. The number of hydrogen-bond donors (Lipinski definition) is 2. The van der Waals surface area contributed by atoms with Crippen molar-refractivity contribution >= 4 is 38.7 Å². The van der Waals surface area contributed by atoms with E-state index >= 15 is 0 Å². The van der Waals surface area contributed by atoms with E-state index in [0.717, 1.165) is 22.0 Å². The van der Waals surface area contributed by atoms with Crippen LogP contribution < -0.4 is 4.74 Å². The van der Waals surface area contributed by atoms with E-state index in [-0.39, 0.29) is 36.2 Å². The number of nitrogens with one attached hydrogen (secondary N) is 1. The average Bonchev–Trinajstić information content (AvgIpc) is 3.25. The van der Waals surface area contributed by atoms with Crippen LogP contribution in [0.25, 0.3) is 10.9 Å². The standard InChI is InChI=1S/C26H22BrFN2O4/c27-22-6-3-5-21(26(32)33)25(22)34-16-24(31)30(15-17-8-10-19(28)11-9-17)13-12-18-14-29-23-7-2-1-4-20(18)23/h1-11,14,29H,12-13,15-16H2,(H,32,33). The molecular formula is C26H22BrFN2O4. The fourth-order valence-electron chi connectivity index (χ4n) is 3.75. The first kappa shape index (κ1) is 23.5. The fourth-order valence-corrected chi connectivity index (χ4v) is 4.23. The third-order valence-electron chi connectivity index (χ3n) is 5.50. The minimum absolute atomic E-state index is 0.0361. The summed E-state index contributed by atoms with van der Waals surface area (Å²) < 4.78 is 19.5. The zero-order valence-electron chi connectivity index (χ0n) is 18.1. The van der Waals surface area contributed by atoms with Crippen LogP contribution in [0.4, 0.5) is 4.39 Å². The number of hydrogen-bond acceptors (Lipinski definition) is 3. The fraction of sp³-hybridized carbons (Fsp3) is 0.154. The number of carbonyl (C=O) groups excluding carboxylic acids is 1. The third kappa shape index (κ3) is 5.46. The molecule has 0 saturated carbocycles. The number of ether oxygens (including phenoxy) is 1. The van der Waals surface area contributed by atoms with E-state index in [1.165, 1.54) is 18.2 Å². The van der Waals surface area contributed by atoms with E-state index in [0.29, 0.717) is 17.4 Å². The molecular weight excluding hydrogens is 503 g/mol. The Morgan fingerprint density at radius 2 is 1.79 bits per heavy atom. The molecule has 0 radical (unpaired) electrons. The number of H-pyrrole nitrogens is 1. The van der Waals surface area contributed by atoms with E-state index < -0.39 is 5.97 Å². The number of para-hydroxylation sites is 2. The summed E-state index contributed by atoms with van der Waals surface area (Å²) in [6, 6.07) is 18.6. The monoisotopic (exact) mass is 524 g/mol. The second-order valence-corrected chi connectivity index (χ2v) is 8.62. The van der Waals surface area contributed by atoms with Crippen LogP contribution in [0, 0.1) is 5.82 Å². The second-order valence-electron chi connectivity index (χ2n) is 7.76. The lowest BCUT2D eigenvalue weighted by Crippen LogP contribution is -2.36. The van der Waals surface area contributed by atoms with Crippen molar-refractivity contribution in [2.75, 3.05) is 13.2 Å². The van der Waals surface area contributed by atoms with Gasteiger partial charge in [0.05, 0.1) is 4.47 Å². The van der Waals surface area contributed by atoms with Gasteiger partial charge in [0.15, 0.2) is 6.61 Å². The molecule has 1 heterocycles. The van der Waals surface area contributed by atoms with Gasteiger partial charge in [-0.25, -0.2) is 9.18 Å². The molecule has 0 aliphatic carbocycles. The van der Waals surface area contributed by atoms with Crippen molar-refractivity contribution in [1.29, 1.82) is 0 Å². The molecule has 3 aromatic carbocycles. The zero-order chi connectivity index (χ0) is 24.1. The van der Waals surface area contributed by atoms with Gasteiger partial charge in [-0.2, -0.15) is 0 Å². The van der Waals surface area contributed by atoms with E-state index in [1.807, 2.05) is 30.5 Å². The van der Waals surface area contributed by atoms with Crippen LogP contribution in [0.3, 0.4) is 0 Å². The molecule has 1 amide bonds. The van der Waals surface area contributed by atoms with Crippen molar-refractivity contribution in [3.63, 3.8) is 0 Å². The lowest BCUT2D eigenvalue weighted by atomic mass is 10.1. The van der Waals surface area contributed by atoms with Crippen LogP contribution in [0.5, 0.6) is 5.75 Å². The minimum atomic E-state index is -1.15. The number of aromatic carboxylic acids is 1. The first-order valence-electron chi connectivity index (χ1n) is 10.6. The summed E-state index contributed by atoms with van der Waals surface area (Å²) in [6.07, 6.45) is 2.54.